The summed E-state index contributed by atoms with van der Waals surface area (Å²) in [5, 5.41) is 5.76. The van der Waals surface area contributed by atoms with Gasteiger partial charge in [-0.3, -0.25) is 9.59 Å². The Balaban J connectivity index is 1.81. The van der Waals surface area contributed by atoms with E-state index >= 15 is 0 Å². The van der Waals surface area contributed by atoms with Crippen LogP contribution in [0.1, 0.15) is 34.8 Å². The molecule has 2 N–H and O–H groups in total. The lowest BCUT2D eigenvalue weighted by Gasteiger charge is -2.33. The fourth-order valence-electron chi connectivity index (χ4n) is 2.82. The number of benzene rings is 2. The average molecular weight is 312 g/mol. The van der Waals surface area contributed by atoms with Crippen LogP contribution in [0.2, 0.25) is 0 Å². The number of halogens is 1. The predicted molar refractivity (Wildman–Crippen MR) is 84.2 cm³/mol. The summed E-state index contributed by atoms with van der Waals surface area (Å²) in [5.74, 6) is -1.07. The molecule has 1 saturated heterocycles. The maximum absolute atomic E-state index is 13.7. The monoisotopic (exact) mass is 312 g/mol. The molecule has 0 aromatic heterocycles. The summed E-state index contributed by atoms with van der Waals surface area (Å²) in [7, 11) is 0. The van der Waals surface area contributed by atoms with E-state index in [1.54, 1.807) is 12.1 Å². The van der Waals surface area contributed by atoms with Gasteiger partial charge in [0.1, 0.15) is 5.82 Å². The molecule has 0 saturated carbocycles. The highest BCUT2D eigenvalue weighted by atomic mass is 19.1. The Bertz CT molecular complexity index is 718. The molecule has 3 rings (SSSR count). The van der Waals surface area contributed by atoms with Crippen molar-refractivity contribution in [2.45, 2.75) is 24.9 Å². The first-order valence-corrected chi connectivity index (χ1v) is 7.55. The Labute approximate surface area is 133 Å². The molecule has 118 valence electrons. The number of hydrogen-bond acceptors (Lipinski definition) is 2. The number of piperidine rings is 1. The van der Waals surface area contributed by atoms with Gasteiger partial charge in [-0.15, -0.1) is 0 Å². The fourth-order valence-corrected chi connectivity index (χ4v) is 2.82. The molecule has 23 heavy (non-hydrogen) atoms. The van der Waals surface area contributed by atoms with Gasteiger partial charge in [0.25, 0.3) is 5.91 Å². The number of carbonyl (C=O) groups excluding carboxylic acids is 2. The van der Waals surface area contributed by atoms with Crippen molar-refractivity contribution in [2.75, 3.05) is 0 Å². The minimum atomic E-state index is -0.555. The zero-order chi connectivity index (χ0) is 16.2. The van der Waals surface area contributed by atoms with Crippen LogP contribution in [-0.2, 0) is 4.79 Å². The van der Waals surface area contributed by atoms with Crippen molar-refractivity contribution in [3.63, 3.8) is 0 Å². The molecule has 2 aromatic carbocycles. The topological polar surface area (TPSA) is 58.2 Å². The minimum Gasteiger partial charge on any atom is -0.347 e. The molecule has 5 heteroatoms. The van der Waals surface area contributed by atoms with Crippen LogP contribution in [0.15, 0.2) is 54.6 Å². The quantitative estimate of drug-likeness (QED) is 0.915. The van der Waals surface area contributed by atoms with Crippen LogP contribution in [0.3, 0.4) is 0 Å². The van der Waals surface area contributed by atoms with E-state index in [4.69, 9.17) is 0 Å². The van der Waals surface area contributed by atoms with Crippen molar-refractivity contribution in [2.24, 2.45) is 0 Å². The summed E-state index contributed by atoms with van der Waals surface area (Å²) in [6.07, 6.45) is 0.858. The van der Waals surface area contributed by atoms with E-state index in [9.17, 15) is 14.0 Å². The summed E-state index contributed by atoms with van der Waals surface area (Å²) in [6, 6.07) is 14.7. The third-order valence-electron chi connectivity index (χ3n) is 3.99. The maximum Gasteiger partial charge on any atom is 0.254 e. The molecule has 2 atom stereocenters. The van der Waals surface area contributed by atoms with Gasteiger partial charge in [0, 0.05) is 6.42 Å². The van der Waals surface area contributed by atoms with Gasteiger partial charge in [0.15, 0.2) is 0 Å². The zero-order valence-electron chi connectivity index (χ0n) is 12.5. The van der Waals surface area contributed by atoms with Gasteiger partial charge in [-0.05, 0) is 24.1 Å². The number of rotatable bonds is 3. The molecule has 0 unspecified atom stereocenters. The smallest absolute Gasteiger partial charge is 0.254 e. The standard InChI is InChI=1S/C18H17FN2O2/c19-14-9-5-4-8-13(14)18(23)20-15-10-11-16(22)21-17(15)12-6-2-1-3-7-12/h1-9,15,17H,10-11H2,(H,20,23)(H,21,22)/t15-,17+/m1/s1. The zero-order valence-corrected chi connectivity index (χ0v) is 12.5. The normalized spacial score (nSPS) is 20.7. The molecular weight excluding hydrogens is 295 g/mol. The molecular formula is C18H17FN2O2. The van der Waals surface area contributed by atoms with Gasteiger partial charge >= 0.3 is 0 Å². The molecule has 4 nitrogen and oxygen atoms in total. The highest BCUT2D eigenvalue weighted by molar-refractivity contribution is 5.94. The van der Waals surface area contributed by atoms with E-state index in [1.807, 2.05) is 30.3 Å². The lowest BCUT2D eigenvalue weighted by Crippen LogP contribution is -2.50. The first kappa shape index (κ1) is 15.2. The van der Waals surface area contributed by atoms with Crippen molar-refractivity contribution in [1.82, 2.24) is 10.6 Å². The Kier molecular flexibility index (Phi) is 4.37. The van der Waals surface area contributed by atoms with Gasteiger partial charge < -0.3 is 10.6 Å². The van der Waals surface area contributed by atoms with E-state index in [-0.39, 0.29) is 23.6 Å². The summed E-state index contributed by atoms with van der Waals surface area (Å²) >= 11 is 0. The molecule has 1 aliphatic heterocycles. The van der Waals surface area contributed by atoms with Crippen LogP contribution in [-0.4, -0.2) is 17.9 Å². The number of amides is 2. The van der Waals surface area contributed by atoms with Crippen LogP contribution in [0, 0.1) is 5.82 Å². The van der Waals surface area contributed by atoms with Crippen LogP contribution in [0.4, 0.5) is 4.39 Å². The molecule has 1 fully saturated rings. The van der Waals surface area contributed by atoms with E-state index < -0.39 is 11.7 Å². The third kappa shape index (κ3) is 3.39. The van der Waals surface area contributed by atoms with Crippen molar-refractivity contribution >= 4 is 11.8 Å². The van der Waals surface area contributed by atoms with Gasteiger partial charge in [-0.1, -0.05) is 42.5 Å². The van der Waals surface area contributed by atoms with Crippen molar-refractivity contribution < 1.29 is 14.0 Å². The Morgan fingerprint density at radius 1 is 1.09 bits per heavy atom. The Morgan fingerprint density at radius 2 is 1.78 bits per heavy atom. The van der Waals surface area contributed by atoms with Crippen molar-refractivity contribution in [3.8, 4) is 0 Å². The molecule has 0 spiro atoms. The van der Waals surface area contributed by atoms with E-state index in [0.29, 0.717) is 12.8 Å². The molecule has 0 aliphatic carbocycles. The summed E-state index contributed by atoms with van der Waals surface area (Å²) in [4.78, 5) is 24.0. The summed E-state index contributed by atoms with van der Waals surface area (Å²) in [5.41, 5.74) is 0.926. The minimum absolute atomic E-state index is 0.0104. The molecule has 2 aromatic rings. The molecule has 2 amide bonds. The second-order valence-electron chi connectivity index (χ2n) is 5.55. The SMILES string of the molecule is O=C1CC[C@@H](NC(=O)c2ccccc2F)[C@H](c2ccccc2)N1. The third-order valence-corrected chi connectivity index (χ3v) is 3.99. The van der Waals surface area contributed by atoms with E-state index in [2.05, 4.69) is 10.6 Å². The molecule has 0 radical (unpaired) electrons. The lowest BCUT2D eigenvalue weighted by atomic mass is 9.91. The summed E-state index contributed by atoms with van der Waals surface area (Å²) < 4.78 is 13.7. The lowest BCUT2D eigenvalue weighted by molar-refractivity contribution is -0.123. The number of carbonyl (C=O) groups is 2. The second-order valence-corrected chi connectivity index (χ2v) is 5.55. The maximum atomic E-state index is 13.7. The van der Waals surface area contributed by atoms with E-state index in [0.717, 1.165) is 5.56 Å². The Morgan fingerprint density at radius 3 is 2.52 bits per heavy atom. The van der Waals surface area contributed by atoms with Gasteiger partial charge in [0.2, 0.25) is 5.91 Å². The fraction of sp³-hybridized carbons (Fsp3) is 0.222. The van der Waals surface area contributed by atoms with Crippen LogP contribution < -0.4 is 10.6 Å². The first-order valence-electron chi connectivity index (χ1n) is 7.55. The highest BCUT2D eigenvalue weighted by Crippen LogP contribution is 2.24. The molecule has 1 aliphatic rings. The number of nitrogens with one attached hydrogen (secondary N) is 2. The molecule has 0 bridgehead atoms. The first-order chi connectivity index (χ1) is 11.1. The van der Waals surface area contributed by atoms with Gasteiger partial charge in [-0.2, -0.15) is 0 Å². The number of hydrogen-bond donors (Lipinski definition) is 2. The van der Waals surface area contributed by atoms with E-state index in [1.165, 1.54) is 12.1 Å². The van der Waals surface area contributed by atoms with Gasteiger partial charge in [0.05, 0.1) is 17.6 Å². The summed E-state index contributed by atoms with van der Waals surface area (Å²) in [6.45, 7) is 0. The van der Waals surface area contributed by atoms with Crippen LogP contribution >= 0.6 is 0 Å². The van der Waals surface area contributed by atoms with Crippen molar-refractivity contribution in [3.05, 3.63) is 71.5 Å². The van der Waals surface area contributed by atoms with Crippen LogP contribution in [0.25, 0.3) is 0 Å². The van der Waals surface area contributed by atoms with Gasteiger partial charge in [-0.25, -0.2) is 4.39 Å². The Hall–Kier alpha value is -2.69. The van der Waals surface area contributed by atoms with Crippen LogP contribution in [0.5, 0.6) is 0 Å². The second kappa shape index (κ2) is 6.60. The molecule has 1 heterocycles. The predicted octanol–water partition coefficient (Wildman–Crippen LogP) is 2.58. The van der Waals surface area contributed by atoms with Crippen molar-refractivity contribution in [1.29, 1.82) is 0 Å². The highest BCUT2D eigenvalue weighted by Gasteiger charge is 2.31. The largest absolute Gasteiger partial charge is 0.347 e. The average Bonchev–Trinajstić information content (AvgIpc) is 2.57.